The van der Waals surface area contributed by atoms with Crippen molar-refractivity contribution in [3.8, 4) is 0 Å². The van der Waals surface area contributed by atoms with Crippen molar-refractivity contribution in [1.82, 2.24) is 0 Å². The van der Waals surface area contributed by atoms with Gasteiger partial charge in [0.25, 0.3) is 0 Å². The first kappa shape index (κ1) is 7.80. The van der Waals surface area contributed by atoms with Crippen LogP contribution in [0.4, 0.5) is 0 Å². The van der Waals surface area contributed by atoms with Crippen LogP contribution < -0.4 is 0 Å². The summed E-state index contributed by atoms with van der Waals surface area (Å²) in [6.45, 7) is 5.37. The molecule has 0 saturated carbocycles. The summed E-state index contributed by atoms with van der Waals surface area (Å²) in [5, 5.41) is 0. The van der Waals surface area contributed by atoms with E-state index < -0.39 is 0 Å². The van der Waals surface area contributed by atoms with Crippen LogP contribution in [0.15, 0.2) is 12.2 Å². The van der Waals surface area contributed by atoms with Crippen LogP contribution in [0.25, 0.3) is 0 Å². The molecule has 1 heteroatoms. The fraction of sp³-hybridized carbons (Fsp3) is 0.778. The van der Waals surface area contributed by atoms with Gasteiger partial charge in [-0.1, -0.05) is 26.0 Å². The molecule has 0 saturated heterocycles. The quantitative estimate of drug-likeness (QED) is 0.535. The van der Waals surface area contributed by atoms with Crippen LogP contribution in [0.2, 0.25) is 0 Å². The molecule has 0 amide bonds. The van der Waals surface area contributed by atoms with Crippen molar-refractivity contribution in [1.29, 1.82) is 0 Å². The number of rotatable bonds is 2. The summed E-state index contributed by atoms with van der Waals surface area (Å²) in [6.07, 6.45) is 7.05. The minimum Gasteiger partial charge on any atom is -0.374 e. The van der Waals surface area contributed by atoms with E-state index in [9.17, 15) is 0 Å². The molecule has 10 heavy (non-hydrogen) atoms. The zero-order valence-corrected chi connectivity index (χ0v) is 6.84. The zero-order valence-electron chi connectivity index (χ0n) is 6.84. The third-order valence-corrected chi connectivity index (χ3v) is 1.67. The Bertz CT molecular complexity index is 116. The Kier molecular flexibility index (Phi) is 2.94. The number of hydrogen-bond donors (Lipinski definition) is 0. The molecule has 0 N–H and O–H groups in total. The summed E-state index contributed by atoms with van der Waals surface area (Å²) in [7, 11) is 0. The van der Waals surface area contributed by atoms with E-state index in [0.29, 0.717) is 6.10 Å². The summed E-state index contributed by atoms with van der Waals surface area (Å²) >= 11 is 0. The third-order valence-electron chi connectivity index (χ3n) is 1.67. The number of ether oxygens (including phenoxy) is 1. The Morgan fingerprint density at radius 2 is 2.40 bits per heavy atom. The molecule has 0 fully saturated rings. The highest BCUT2D eigenvalue weighted by molar-refractivity contribution is 4.93. The first-order chi connectivity index (χ1) is 4.79. The lowest BCUT2D eigenvalue weighted by molar-refractivity contribution is 0.0660. The standard InChI is InChI=1S/C9H16O/c1-8(2)7-9-5-3-4-6-10-9/h3,5,8-9H,4,6-7H2,1-2H3/t9-/m1/s1. The van der Waals surface area contributed by atoms with Crippen molar-refractivity contribution < 1.29 is 4.74 Å². The summed E-state index contributed by atoms with van der Waals surface area (Å²) in [4.78, 5) is 0. The SMILES string of the molecule is CC(C)C[C@H]1C=CCCO1. The van der Waals surface area contributed by atoms with Crippen LogP contribution in [-0.2, 0) is 4.74 Å². The van der Waals surface area contributed by atoms with Gasteiger partial charge in [-0.2, -0.15) is 0 Å². The van der Waals surface area contributed by atoms with Gasteiger partial charge < -0.3 is 4.74 Å². The minimum atomic E-state index is 0.397. The van der Waals surface area contributed by atoms with Crippen LogP contribution >= 0.6 is 0 Å². The summed E-state index contributed by atoms with van der Waals surface area (Å²) in [5.74, 6) is 0.743. The van der Waals surface area contributed by atoms with Gasteiger partial charge in [0, 0.05) is 0 Å². The molecule has 0 radical (unpaired) electrons. The van der Waals surface area contributed by atoms with Crippen LogP contribution in [0.3, 0.4) is 0 Å². The molecule has 1 atom stereocenters. The number of hydrogen-bond acceptors (Lipinski definition) is 1. The second kappa shape index (κ2) is 3.77. The second-order valence-corrected chi connectivity index (χ2v) is 3.26. The van der Waals surface area contributed by atoms with E-state index in [1.165, 1.54) is 0 Å². The molecule has 1 aliphatic rings. The largest absolute Gasteiger partial charge is 0.374 e. The monoisotopic (exact) mass is 140 g/mol. The van der Waals surface area contributed by atoms with Crippen LogP contribution in [-0.4, -0.2) is 12.7 Å². The van der Waals surface area contributed by atoms with Gasteiger partial charge >= 0.3 is 0 Å². The molecular formula is C9H16O. The maximum Gasteiger partial charge on any atom is 0.0758 e. The van der Waals surface area contributed by atoms with Crippen molar-refractivity contribution >= 4 is 0 Å². The predicted molar refractivity (Wildman–Crippen MR) is 43.0 cm³/mol. The maximum atomic E-state index is 5.50. The first-order valence-electron chi connectivity index (χ1n) is 4.07. The van der Waals surface area contributed by atoms with Crippen molar-refractivity contribution in [2.75, 3.05) is 6.61 Å². The summed E-state index contributed by atoms with van der Waals surface area (Å²) in [6, 6.07) is 0. The van der Waals surface area contributed by atoms with E-state index in [2.05, 4.69) is 26.0 Å². The molecule has 0 unspecified atom stereocenters. The Balaban J connectivity index is 2.26. The topological polar surface area (TPSA) is 9.23 Å². The molecule has 0 spiro atoms. The van der Waals surface area contributed by atoms with Crippen LogP contribution in [0, 0.1) is 5.92 Å². The molecule has 0 aromatic heterocycles. The molecule has 0 bridgehead atoms. The van der Waals surface area contributed by atoms with Gasteiger partial charge in [-0.15, -0.1) is 0 Å². The maximum absolute atomic E-state index is 5.50. The summed E-state index contributed by atoms with van der Waals surface area (Å²) < 4.78 is 5.50. The fourth-order valence-corrected chi connectivity index (χ4v) is 1.20. The normalized spacial score (nSPS) is 25.7. The predicted octanol–water partition coefficient (Wildman–Crippen LogP) is 2.38. The lowest BCUT2D eigenvalue weighted by Crippen LogP contribution is -2.16. The van der Waals surface area contributed by atoms with E-state index in [0.717, 1.165) is 25.4 Å². The third kappa shape index (κ3) is 2.53. The minimum absolute atomic E-state index is 0.397. The average Bonchev–Trinajstić information content (AvgIpc) is 1.88. The van der Waals surface area contributed by atoms with Crippen molar-refractivity contribution in [3.63, 3.8) is 0 Å². The average molecular weight is 140 g/mol. The molecule has 0 aromatic rings. The smallest absolute Gasteiger partial charge is 0.0758 e. The van der Waals surface area contributed by atoms with E-state index in [1.807, 2.05) is 0 Å². The lowest BCUT2D eigenvalue weighted by Gasteiger charge is -2.18. The van der Waals surface area contributed by atoms with Gasteiger partial charge in [0.05, 0.1) is 12.7 Å². The van der Waals surface area contributed by atoms with Crippen molar-refractivity contribution in [2.24, 2.45) is 5.92 Å². The van der Waals surface area contributed by atoms with Crippen LogP contribution in [0.1, 0.15) is 26.7 Å². The zero-order chi connectivity index (χ0) is 7.40. The Labute approximate surface area is 63.1 Å². The summed E-state index contributed by atoms with van der Waals surface area (Å²) in [5.41, 5.74) is 0. The molecule has 0 aromatic carbocycles. The molecule has 58 valence electrons. The highest BCUT2D eigenvalue weighted by atomic mass is 16.5. The Hall–Kier alpha value is -0.300. The van der Waals surface area contributed by atoms with E-state index >= 15 is 0 Å². The van der Waals surface area contributed by atoms with Gasteiger partial charge in [0.1, 0.15) is 0 Å². The van der Waals surface area contributed by atoms with Gasteiger partial charge in [-0.3, -0.25) is 0 Å². The van der Waals surface area contributed by atoms with Gasteiger partial charge in [-0.25, -0.2) is 0 Å². The molecule has 1 rings (SSSR count). The fourth-order valence-electron chi connectivity index (χ4n) is 1.20. The van der Waals surface area contributed by atoms with E-state index in [4.69, 9.17) is 4.74 Å². The Morgan fingerprint density at radius 1 is 1.60 bits per heavy atom. The highest BCUT2D eigenvalue weighted by Crippen LogP contribution is 2.13. The van der Waals surface area contributed by atoms with Gasteiger partial charge in [-0.05, 0) is 18.8 Å². The van der Waals surface area contributed by atoms with Gasteiger partial charge in [0.2, 0.25) is 0 Å². The molecule has 1 heterocycles. The first-order valence-corrected chi connectivity index (χ1v) is 4.07. The molecule has 1 aliphatic heterocycles. The highest BCUT2D eigenvalue weighted by Gasteiger charge is 2.09. The van der Waals surface area contributed by atoms with Gasteiger partial charge in [0.15, 0.2) is 0 Å². The van der Waals surface area contributed by atoms with Crippen molar-refractivity contribution in [2.45, 2.75) is 32.8 Å². The molecule has 0 aliphatic carbocycles. The van der Waals surface area contributed by atoms with E-state index in [-0.39, 0.29) is 0 Å². The van der Waals surface area contributed by atoms with Crippen LogP contribution in [0.5, 0.6) is 0 Å². The molecular weight excluding hydrogens is 124 g/mol. The molecule has 1 nitrogen and oxygen atoms in total. The van der Waals surface area contributed by atoms with E-state index in [1.54, 1.807) is 0 Å². The Morgan fingerprint density at radius 3 is 2.90 bits per heavy atom. The van der Waals surface area contributed by atoms with Crippen molar-refractivity contribution in [3.05, 3.63) is 12.2 Å². The lowest BCUT2D eigenvalue weighted by atomic mass is 10.0. The second-order valence-electron chi connectivity index (χ2n) is 3.26.